The lowest BCUT2D eigenvalue weighted by Crippen LogP contribution is -2.39. The standard InChI is InChI=1S/C20H17N3O5S/c1-26-14-8-6-13(7-9-14)20-21-17(22-28-20)11-27-19(25)10-23-15-4-2-3-5-16(15)29-12-18(23)24/h2-9H,10-12H2,1H3. The number of hydrogen-bond donors (Lipinski definition) is 0. The van der Waals surface area contributed by atoms with Crippen LogP contribution in [0.25, 0.3) is 11.5 Å². The summed E-state index contributed by atoms with van der Waals surface area (Å²) in [5.41, 5.74) is 1.44. The molecule has 0 saturated carbocycles. The van der Waals surface area contributed by atoms with Crippen molar-refractivity contribution in [2.45, 2.75) is 11.5 Å². The first-order valence-electron chi connectivity index (χ1n) is 8.79. The Hall–Kier alpha value is -3.33. The highest BCUT2D eigenvalue weighted by Crippen LogP contribution is 2.34. The summed E-state index contributed by atoms with van der Waals surface area (Å²) in [5, 5.41) is 3.83. The zero-order valence-electron chi connectivity index (χ0n) is 15.5. The molecule has 1 aliphatic rings. The molecular weight excluding hydrogens is 394 g/mol. The normalized spacial score (nSPS) is 13.1. The van der Waals surface area contributed by atoms with Gasteiger partial charge in [-0.05, 0) is 36.4 Å². The van der Waals surface area contributed by atoms with Crippen LogP contribution in [0.4, 0.5) is 5.69 Å². The highest BCUT2D eigenvalue weighted by molar-refractivity contribution is 8.00. The van der Waals surface area contributed by atoms with Gasteiger partial charge < -0.3 is 14.0 Å². The number of aromatic nitrogens is 2. The molecule has 0 spiro atoms. The van der Waals surface area contributed by atoms with Crippen LogP contribution in [-0.2, 0) is 20.9 Å². The van der Waals surface area contributed by atoms with E-state index in [-0.39, 0.29) is 24.9 Å². The predicted molar refractivity (Wildman–Crippen MR) is 106 cm³/mol. The van der Waals surface area contributed by atoms with Gasteiger partial charge in [-0.2, -0.15) is 4.98 Å². The van der Waals surface area contributed by atoms with Crippen LogP contribution in [0, 0.1) is 0 Å². The van der Waals surface area contributed by atoms with E-state index in [1.807, 2.05) is 24.3 Å². The monoisotopic (exact) mass is 411 g/mol. The van der Waals surface area contributed by atoms with Crippen LogP contribution in [-0.4, -0.2) is 41.4 Å². The largest absolute Gasteiger partial charge is 0.497 e. The minimum Gasteiger partial charge on any atom is -0.497 e. The van der Waals surface area contributed by atoms with Crippen LogP contribution in [0.5, 0.6) is 5.75 Å². The molecule has 1 aliphatic heterocycles. The average molecular weight is 411 g/mol. The van der Waals surface area contributed by atoms with Crippen LogP contribution < -0.4 is 9.64 Å². The molecule has 2 heterocycles. The Morgan fingerprint density at radius 1 is 1.21 bits per heavy atom. The lowest BCUT2D eigenvalue weighted by atomic mass is 10.2. The number of carbonyl (C=O) groups excluding carboxylic acids is 2. The number of anilines is 1. The van der Waals surface area contributed by atoms with E-state index < -0.39 is 5.97 Å². The van der Waals surface area contributed by atoms with Crippen molar-refractivity contribution >= 4 is 29.3 Å². The third kappa shape index (κ3) is 4.24. The molecule has 0 fully saturated rings. The Morgan fingerprint density at radius 3 is 2.79 bits per heavy atom. The number of carbonyl (C=O) groups is 2. The van der Waals surface area contributed by atoms with Gasteiger partial charge in [0, 0.05) is 10.5 Å². The molecular formula is C20H17N3O5S. The molecule has 8 nitrogen and oxygen atoms in total. The molecule has 2 aromatic carbocycles. The van der Waals surface area contributed by atoms with Crippen molar-refractivity contribution in [3.8, 4) is 17.2 Å². The number of amides is 1. The number of thioether (sulfide) groups is 1. The molecule has 29 heavy (non-hydrogen) atoms. The topological polar surface area (TPSA) is 94.8 Å². The van der Waals surface area contributed by atoms with Crippen molar-refractivity contribution in [2.24, 2.45) is 0 Å². The molecule has 0 atom stereocenters. The van der Waals surface area contributed by atoms with E-state index in [4.69, 9.17) is 14.0 Å². The van der Waals surface area contributed by atoms with Gasteiger partial charge in [0.1, 0.15) is 12.3 Å². The highest BCUT2D eigenvalue weighted by Gasteiger charge is 2.26. The highest BCUT2D eigenvalue weighted by atomic mass is 32.2. The van der Waals surface area contributed by atoms with Crippen LogP contribution in [0.3, 0.4) is 0 Å². The first-order valence-corrected chi connectivity index (χ1v) is 9.77. The molecule has 1 amide bonds. The summed E-state index contributed by atoms with van der Waals surface area (Å²) < 4.78 is 15.6. The third-order valence-electron chi connectivity index (χ3n) is 4.26. The summed E-state index contributed by atoms with van der Waals surface area (Å²) in [7, 11) is 1.59. The molecule has 9 heteroatoms. The number of nitrogens with zero attached hydrogens (tertiary/aromatic N) is 3. The first kappa shape index (κ1) is 19.0. The van der Waals surface area contributed by atoms with Crippen LogP contribution in [0.15, 0.2) is 57.9 Å². The average Bonchev–Trinajstić information content (AvgIpc) is 3.23. The fourth-order valence-electron chi connectivity index (χ4n) is 2.81. The van der Waals surface area contributed by atoms with Gasteiger partial charge in [0.15, 0.2) is 6.61 Å². The van der Waals surface area contributed by atoms with Crippen LogP contribution in [0.1, 0.15) is 5.82 Å². The minimum absolute atomic E-state index is 0.132. The molecule has 0 N–H and O–H groups in total. The zero-order valence-corrected chi connectivity index (χ0v) is 16.3. The lowest BCUT2D eigenvalue weighted by molar-refractivity contribution is -0.144. The molecule has 148 valence electrons. The number of rotatable bonds is 6. The Bertz CT molecular complexity index is 1030. The van der Waals surface area contributed by atoms with Crippen molar-refractivity contribution in [1.82, 2.24) is 10.1 Å². The van der Waals surface area contributed by atoms with Gasteiger partial charge >= 0.3 is 5.97 Å². The summed E-state index contributed by atoms with van der Waals surface area (Å²) in [6, 6.07) is 14.6. The minimum atomic E-state index is -0.546. The van der Waals surface area contributed by atoms with Crippen molar-refractivity contribution in [1.29, 1.82) is 0 Å². The molecule has 0 radical (unpaired) electrons. The molecule has 4 rings (SSSR count). The van der Waals surface area contributed by atoms with Crippen molar-refractivity contribution in [3.05, 3.63) is 54.4 Å². The van der Waals surface area contributed by atoms with Gasteiger partial charge in [-0.3, -0.25) is 14.5 Å². The van der Waals surface area contributed by atoms with Crippen LogP contribution >= 0.6 is 11.8 Å². The van der Waals surface area contributed by atoms with Gasteiger partial charge in [0.25, 0.3) is 5.89 Å². The molecule has 3 aromatic rings. The van der Waals surface area contributed by atoms with Crippen molar-refractivity contribution in [2.75, 3.05) is 24.3 Å². The number of hydrogen-bond acceptors (Lipinski definition) is 8. The van der Waals surface area contributed by atoms with Gasteiger partial charge in [-0.1, -0.05) is 17.3 Å². The second-order valence-corrected chi connectivity index (χ2v) is 7.16. The fourth-order valence-corrected chi connectivity index (χ4v) is 3.75. The summed E-state index contributed by atoms with van der Waals surface area (Å²) in [6.07, 6.45) is 0. The van der Waals surface area contributed by atoms with E-state index in [2.05, 4.69) is 10.1 Å². The van der Waals surface area contributed by atoms with Gasteiger partial charge in [0.05, 0.1) is 18.6 Å². The Kier molecular flexibility index (Phi) is 5.48. The maximum atomic E-state index is 12.3. The number of fused-ring (bicyclic) bond motifs is 1. The van der Waals surface area contributed by atoms with E-state index in [9.17, 15) is 9.59 Å². The Morgan fingerprint density at radius 2 is 2.00 bits per heavy atom. The van der Waals surface area contributed by atoms with Gasteiger partial charge in [-0.25, -0.2) is 0 Å². The van der Waals surface area contributed by atoms with Crippen molar-refractivity contribution < 1.29 is 23.6 Å². The van der Waals surface area contributed by atoms with E-state index >= 15 is 0 Å². The van der Waals surface area contributed by atoms with E-state index in [1.54, 1.807) is 31.4 Å². The number of esters is 1. The molecule has 0 aliphatic carbocycles. The number of ether oxygens (including phenoxy) is 2. The lowest BCUT2D eigenvalue weighted by Gasteiger charge is -2.27. The first-order chi connectivity index (χ1) is 14.1. The molecule has 0 bridgehead atoms. The number of benzene rings is 2. The smallest absolute Gasteiger partial charge is 0.326 e. The van der Waals surface area contributed by atoms with Gasteiger partial charge in [0.2, 0.25) is 11.7 Å². The molecule has 1 aromatic heterocycles. The summed E-state index contributed by atoms with van der Waals surface area (Å²) in [4.78, 5) is 31.1. The van der Waals surface area contributed by atoms with Crippen molar-refractivity contribution in [3.63, 3.8) is 0 Å². The second kappa shape index (κ2) is 8.36. The number of para-hydroxylation sites is 1. The van der Waals surface area contributed by atoms with Gasteiger partial charge in [-0.15, -0.1) is 11.8 Å². The quantitative estimate of drug-likeness (QED) is 0.572. The summed E-state index contributed by atoms with van der Waals surface area (Å²) >= 11 is 1.46. The third-order valence-corrected chi connectivity index (χ3v) is 5.31. The fraction of sp³-hybridized carbons (Fsp3) is 0.200. The maximum absolute atomic E-state index is 12.3. The maximum Gasteiger partial charge on any atom is 0.326 e. The van der Waals surface area contributed by atoms with E-state index in [0.29, 0.717) is 17.3 Å². The Balaban J connectivity index is 1.37. The van der Waals surface area contributed by atoms with Crippen LogP contribution in [0.2, 0.25) is 0 Å². The summed E-state index contributed by atoms with van der Waals surface area (Å²) in [6.45, 7) is -0.309. The zero-order chi connectivity index (χ0) is 20.2. The SMILES string of the molecule is COc1ccc(-c2nc(COC(=O)CN3C(=O)CSc4ccccc43)no2)cc1. The predicted octanol–water partition coefficient (Wildman–Crippen LogP) is 2.93. The molecule has 0 unspecified atom stereocenters. The van der Waals surface area contributed by atoms with E-state index in [0.717, 1.165) is 16.2 Å². The molecule has 0 saturated heterocycles. The van der Waals surface area contributed by atoms with E-state index in [1.165, 1.54) is 16.7 Å². The number of methoxy groups -OCH3 is 1. The Labute approximate surface area is 170 Å². The summed E-state index contributed by atoms with van der Waals surface area (Å²) in [5.74, 6) is 0.888. The second-order valence-electron chi connectivity index (χ2n) is 6.14.